The smallest absolute Gasteiger partial charge is 0.407 e. The summed E-state index contributed by atoms with van der Waals surface area (Å²) in [5.74, 6) is 6.66. The average molecular weight is 351 g/mol. The third-order valence-corrected chi connectivity index (χ3v) is 3.67. The predicted molar refractivity (Wildman–Crippen MR) is 92.6 cm³/mol. The minimum Gasteiger partial charge on any atom is -0.444 e. The van der Waals surface area contributed by atoms with Gasteiger partial charge in [0.25, 0.3) is 0 Å². The molecule has 1 aliphatic rings. The molecule has 130 valence electrons. The number of hydrogen-bond donors (Lipinski definition) is 2. The molecule has 1 aromatic heterocycles. The maximum Gasteiger partial charge on any atom is 0.407 e. The molecule has 1 fully saturated rings. The first-order valence-electron chi connectivity index (χ1n) is 8.00. The Labute approximate surface area is 147 Å². The number of amides is 1. The third kappa shape index (κ3) is 5.70. The molecule has 0 aromatic carbocycles. The zero-order valence-corrected chi connectivity index (χ0v) is 15.1. The Morgan fingerprint density at radius 1 is 1.50 bits per heavy atom. The fraction of sp³-hybridized carbons (Fsp3) is 0.556. The van der Waals surface area contributed by atoms with E-state index < -0.39 is 23.8 Å². The quantitative estimate of drug-likeness (QED) is 0.819. The van der Waals surface area contributed by atoms with E-state index in [2.05, 4.69) is 22.1 Å². The molecule has 2 N–H and O–H groups in total. The van der Waals surface area contributed by atoms with Crippen LogP contribution in [0, 0.1) is 17.8 Å². The van der Waals surface area contributed by atoms with E-state index in [1.165, 1.54) is 0 Å². The second kappa shape index (κ2) is 7.42. The van der Waals surface area contributed by atoms with E-state index in [-0.39, 0.29) is 0 Å². The summed E-state index contributed by atoms with van der Waals surface area (Å²) in [5, 5.41) is 13.3. The van der Waals surface area contributed by atoms with Gasteiger partial charge in [0.05, 0.1) is 16.8 Å². The van der Waals surface area contributed by atoms with Crippen LogP contribution in [0.25, 0.3) is 0 Å². The molecule has 1 aromatic rings. The highest BCUT2D eigenvalue weighted by Gasteiger charge is 2.25. The maximum atomic E-state index is 11.8. The average Bonchev–Trinajstić information content (AvgIpc) is 3.26. The van der Waals surface area contributed by atoms with Gasteiger partial charge in [0, 0.05) is 17.7 Å². The Balaban J connectivity index is 2.01. The zero-order valence-electron chi connectivity index (χ0n) is 14.4. The van der Waals surface area contributed by atoms with Crippen molar-refractivity contribution in [3.63, 3.8) is 0 Å². The summed E-state index contributed by atoms with van der Waals surface area (Å²) in [6, 6.07) is 1.08. The van der Waals surface area contributed by atoms with Crippen LogP contribution in [0.15, 0.2) is 12.3 Å². The maximum absolute atomic E-state index is 11.8. The van der Waals surface area contributed by atoms with E-state index in [1.54, 1.807) is 40.0 Å². The van der Waals surface area contributed by atoms with Crippen molar-refractivity contribution in [3.05, 3.63) is 28.5 Å². The number of nitrogens with one attached hydrogen (secondary N) is 1. The monoisotopic (exact) mass is 350 g/mol. The molecule has 1 amide bonds. The van der Waals surface area contributed by atoms with Gasteiger partial charge in [0.1, 0.15) is 11.7 Å². The van der Waals surface area contributed by atoms with Gasteiger partial charge in [0.2, 0.25) is 0 Å². The number of pyridine rings is 1. The van der Waals surface area contributed by atoms with Gasteiger partial charge in [-0.15, -0.1) is 0 Å². The number of rotatable bonds is 3. The lowest BCUT2D eigenvalue weighted by molar-refractivity contribution is 0.0432. The lowest BCUT2D eigenvalue weighted by Crippen LogP contribution is -2.40. The highest BCUT2D eigenvalue weighted by molar-refractivity contribution is 6.31. The van der Waals surface area contributed by atoms with Crippen LogP contribution in [0.1, 0.15) is 57.9 Å². The summed E-state index contributed by atoms with van der Waals surface area (Å²) in [7, 11) is 0. The molecule has 2 rings (SSSR count). The molecule has 5 nitrogen and oxygen atoms in total. The van der Waals surface area contributed by atoms with Crippen molar-refractivity contribution in [2.75, 3.05) is 0 Å². The zero-order chi connectivity index (χ0) is 17.9. The van der Waals surface area contributed by atoms with Crippen molar-refractivity contribution >= 4 is 17.7 Å². The molecule has 0 spiro atoms. The van der Waals surface area contributed by atoms with E-state index in [9.17, 15) is 9.90 Å². The van der Waals surface area contributed by atoms with Gasteiger partial charge in [-0.25, -0.2) is 4.79 Å². The Hall–Kier alpha value is -1.77. The lowest BCUT2D eigenvalue weighted by Gasteiger charge is -2.24. The summed E-state index contributed by atoms with van der Waals surface area (Å²) in [6.45, 7) is 6.97. The van der Waals surface area contributed by atoms with Gasteiger partial charge in [-0.05, 0) is 46.6 Å². The Morgan fingerprint density at radius 2 is 2.17 bits per heavy atom. The van der Waals surface area contributed by atoms with Crippen LogP contribution in [-0.4, -0.2) is 27.8 Å². The molecule has 0 bridgehead atoms. The molecule has 1 saturated carbocycles. The number of carbonyl (C=O) groups is 1. The van der Waals surface area contributed by atoms with E-state index in [4.69, 9.17) is 16.3 Å². The molecule has 6 heteroatoms. The number of nitrogens with zero attached hydrogens (tertiary/aromatic N) is 1. The molecule has 2 unspecified atom stereocenters. The molecule has 24 heavy (non-hydrogen) atoms. The molecule has 1 aliphatic carbocycles. The van der Waals surface area contributed by atoms with Crippen molar-refractivity contribution in [1.29, 1.82) is 0 Å². The van der Waals surface area contributed by atoms with Gasteiger partial charge in [-0.2, -0.15) is 0 Å². The highest BCUT2D eigenvalue weighted by atomic mass is 35.5. The Kier molecular flexibility index (Phi) is 5.74. The molecular formula is C18H23ClN2O3. The molecule has 0 aliphatic heterocycles. The van der Waals surface area contributed by atoms with Crippen LogP contribution in [0.4, 0.5) is 4.79 Å². The van der Waals surface area contributed by atoms with Crippen molar-refractivity contribution < 1.29 is 14.6 Å². The van der Waals surface area contributed by atoms with Crippen LogP contribution < -0.4 is 5.32 Å². The van der Waals surface area contributed by atoms with Gasteiger partial charge >= 0.3 is 6.09 Å². The van der Waals surface area contributed by atoms with Gasteiger partial charge in [-0.3, -0.25) is 4.98 Å². The van der Waals surface area contributed by atoms with E-state index in [0.717, 1.165) is 18.4 Å². The summed E-state index contributed by atoms with van der Waals surface area (Å²) in [6.07, 6.45) is 2.24. The summed E-state index contributed by atoms with van der Waals surface area (Å²) < 4.78 is 5.17. The van der Waals surface area contributed by atoms with Crippen molar-refractivity contribution in [3.8, 4) is 11.8 Å². The van der Waals surface area contributed by atoms with Crippen molar-refractivity contribution in [1.82, 2.24) is 10.3 Å². The van der Waals surface area contributed by atoms with Crippen LogP contribution in [0.2, 0.25) is 5.02 Å². The minimum absolute atomic E-state index is 0.303. The minimum atomic E-state index is -1.05. The van der Waals surface area contributed by atoms with Gasteiger partial charge in [0.15, 0.2) is 0 Å². The normalized spacial score (nSPS) is 16.6. The summed E-state index contributed by atoms with van der Waals surface area (Å²) >= 11 is 6.21. The Bertz CT molecular complexity index is 669. The van der Waals surface area contributed by atoms with Gasteiger partial charge in [-0.1, -0.05) is 23.4 Å². The van der Waals surface area contributed by atoms with Crippen LogP contribution in [0.3, 0.4) is 0 Å². The molecule has 0 saturated heterocycles. The van der Waals surface area contributed by atoms with Crippen molar-refractivity contribution in [2.45, 2.75) is 58.3 Å². The number of halogens is 1. The lowest BCUT2D eigenvalue weighted by atomic mass is 10.1. The van der Waals surface area contributed by atoms with Crippen LogP contribution in [0.5, 0.6) is 0 Å². The number of carbonyl (C=O) groups excluding carboxylic acids is 1. The number of aliphatic hydroxyl groups is 1. The summed E-state index contributed by atoms with van der Waals surface area (Å²) in [4.78, 5) is 16.0. The fourth-order valence-electron chi connectivity index (χ4n) is 1.96. The van der Waals surface area contributed by atoms with E-state index >= 15 is 0 Å². The highest BCUT2D eigenvalue weighted by Crippen LogP contribution is 2.28. The predicted octanol–water partition coefficient (Wildman–Crippen LogP) is 3.44. The van der Waals surface area contributed by atoms with Gasteiger partial charge < -0.3 is 15.2 Å². The standard InChI is InChI=1S/C18H23ClN2O3/c1-11(21-17(23)24-18(2,3)4)16(22)15-14(19)9-13(10-20-15)8-7-12-5-6-12/h9-12,16,22H,5-6H2,1-4H3,(H,21,23). The topological polar surface area (TPSA) is 71.5 Å². The number of aromatic nitrogens is 1. The first-order chi connectivity index (χ1) is 11.2. The molecular weight excluding hydrogens is 328 g/mol. The summed E-state index contributed by atoms with van der Waals surface area (Å²) in [5.41, 5.74) is 0.416. The molecule has 1 heterocycles. The van der Waals surface area contributed by atoms with Crippen molar-refractivity contribution in [2.24, 2.45) is 5.92 Å². The second-order valence-electron chi connectivity index (χ2n) is 7.01. The SMILES string of the molecule is CC(NC(=O)OC(C)(C)C)C(O)c1ncc(C#CC2CC2)cc1Cl. The third-order valence-electron chi connectivity index (χ3n) is 3.37. The number of aliphatic hydroxyl groups excluding tert-OH is 1. The Morgan fingerprint density at radius 3 is 2.71 bits per heavy atom. The van der Waals surface area contributed by atoms with Crippen LogP contribution >= 0.6 is 11.6 Å². The van der Waals surface area contributed by atoms with E-state index in [0.29, 0.717) is 16.6 Å². The molecule has 2 atom stereocenters. The molecule has 0 radical (unpaired) electrons. The van der Waals surface area contributed by atoms with E-state index in [1.807, 2.05) is 0 Å². The fourth-order valence-corrected chi connectivity index (χ4v) is 2.23. The number of ether oxygens (including phenoxy) is 1. The number of hydrogen-bond acceptors (Lipinski definition) is 4. The number of alkyl carbamates (subject to hydrolysis) is 1. The first kappa shape index (κ1) is 18.6. The van der Waals surface area contributed by atoms with Crippen LogP contribution in [-0.2, 0) is 4.74 Å². The largest absolute Gasteiger partial charge is 0.444 e. The second-order valence-corrected chi connectivity index (χ2v) is 7.42. The first-order valence-corrected chi connectivity index (χ1v) is 8.38.